The number of carbonyl (C=O) groups excluding carboxylic acids is 2. The van der Waals surface area contributed by atoms with Crippen molar-refractivity contribution in [3.8, 4) is 5.75 Å². The maximum absolute atomic E-state index is 13.4. The maximum atomic E-state index is 13.4. The molecule has 8 heteroatoms. The summed E-state index contributed by atoms with van der Waals surface area (Å²) >= 11 is 2.64. The molecule has 166 valence electrons. The van der Waals surface area contributed by atoms with Gasteiger partial charge in [0.1, 0.15) is 5.75 Å². The molecule has 0 spiro atoms. The van der Waals surface area contributed by atoms with Gasteiger partial charge in [0.2, 0.25) is 5.78 Å². The number of ketones is 1. The Morgan fingerprint density at radius 3 is 2.64 bits per heavy atom. The van der Waals surface area contributed by atoms with Gasteiger partial charge >= 0.3 is 0 Å². The van der Waals surface area contributed by atoms with Crippen molar-refractivity contribution < 1.29 is 19.4 Å². The highest BCUT2D eigenvalue weighted by atomic mass is 32.1. The first-order valence-electron chi connectivity index (χ1n) is 10.4. The van der Waals surface area contributed by atoms with Crippen molar-refractivity contribution in [2.24, 2.45) is 0 Å². The lowest BCUT2D eigenvalue weighted by Crippen LogP contribution is -2.30. The van der Waals surface area contributed by atoms with Crippen LogP contribution < -0.4 is 9.64 Å². The van der Waals surface area contributed by atoms with Gasteiger partial charge in [-0.25, -0.2) is 4.98 Å². The molecule has 2 aromatic heterocycles. The van der Waals surface area contributed by atoms with Gasteiger partial charge in [-0.2, -0.15) is 0 Å². The largest absolute Gasteiger partial charge is 0.503 e. The number of hydrogen-bond acceptors (Lipinski definition) is 7. The number of Topliss-reactive ketones (excluding diaryl/α,β-unsaturated/α-hetero) is 1. The zero-order chi connectivity index (χ0) is 23.1. The molecule has 0 fully saturated rings. The van der Waals surface area contributed by atoms with Crippen molar-refractivity contribution >= 4 is 49.7 Å². The van der Waals surface area contributed by atoms with Gasteiger partial charge in [0.25, 0.3) is 5.91 Å². The van der Waals surface area contributed by atoms with Crippen LogP contribution in [-0.2, 0) is 11.2 Å². The minimum Gasteiger partial charge on any atom is -0.503 e. The Morgan fingerprint density at radius 2 is 1.97 bits per heavy atom. The summed E-state index contributed by atoms with van der Waals surface area (Å²) in [5, 5.41) is 13.1. The number of thiazole rings is 1. The lowest BCUT2D eigenvalue weighted by molar-refractivity contribution is -0.117. The number of thiophene rings is 1. The lowest BCUT2D eigenvalue weighted by atomic mass is 9.95. The van der Waals surface area contributed by atoms with Crippen molar-refractivity contribution in [2.75, 3.05) is 12.0 Å². The number of rotatable bonds is 6. The van der Waals surface area contributed by atoms with Gasteiger partial charge in [-0.3, -0.25) is 14.5 Å². The van der Waals surface area contributed by atoms with Crippen LogP contribution in [0.1, 0.15) is 33.8 Å². The number of aliphatic hydroxyl groups is 1. The molecule has 1 atom stereocenters. The fraction of sp³-hybridized carbons (Fsp3) is 0.160. The number of benzene rings is 2. The molecule has 0 bridgehead atoms. The molecule has 0 unspecified atom stereocenters. The van der Waals surface area contributed by atoms with E-state index in [0.717, 1.165) is 16.6 Å². The lowest BCUT2D eigenvalue weighted by Gasteiger charge is -2.24. The molecular weight excluding hydrogens is 456 g/mol. The van der Waals surface area contributed by atoms with E-state index < -0.39 is 17.7 Å². The van der Waals surface area contributed by atoms with E-state index in [0.29, 0.717) is 21.3 Å². The Morgan fingerprint density at radius 1 is 1.18 bits per heavy atom. The fourth-order valence-electron chi connectivity index (χ4n) is 3.96. The monoisotopic (exact) mass is 476 g/mol. The highest BCUT2D eigenvalue weighted by Gasteiger charge is 2.46. The third kappa shape index (κ3) is 3.61. The molecule has 6 nitrogen and oxygen atoms in total. The highest BCUT2D eigenvalue weighted by Crippen LogP contribution is 2.44. The number of aliphatic hydroxyl groups excluding tert-OH is 1. The van der Waals surface area contributed by atoms with Gasteiger partial charge in [-0.15, -0.1) is 11.3 Å². The minimum absolute atomic E-state index is 0.0566. The van der Waals surface area contributed by atoms with E-state index in [1.807, 2.05) is 12.1 Å². The standard InChI is InChI=1S/C25H20N2O4S2/c1-3-14-6-11-17-19(13-14)33-25(26-17)27-21(15-7-9-16(31-2)10-8-15)20(23(29)24(27)30)22(28)18-5-4-12-32-18/h4-13,21,29H,3H2,1-2H3/t21-/m1/s1. The number of amides is 1. The van der Waals surface area contributed by atoms with Gasteiger partial charge in [0.15, 0.2) is 10.9 Å². The number of fused-ring (bicyclic) bond motifs is 1. The van der Waals surface area contributed by atoms with Gasteiger partial charge in [-0.1, -0.05) is 42.5 Å². The van der Waals surface area contributed by atoms with Crippen molar-refractivity contribution in [3.05, 3.63) is 87.3 Å². The van der Waals surface area contributed by atoms with Crippen LogP contribution in [0.2, 0.25) is 0 Å². The molecule has 1 amide bonds. The van der Waals surface area contributed by atoms with Gasteiger partial charge in [0.05, 0.1) is 33.8 Å². The van der Waals surface area contributed by atoms with E-state index in [1.165, 1.54) is 33.1 Å². The second kappa shape index (κ2) is 8.46. The van der Waals surface area contributed by atoms with Crippen LogP contribution in [0.25, 0.3) is 10.2 Å². The molecule has 33 heavy (non-hydrogen) atoms. The molecule has 0 saturated carbocycles. The molecule has 2 aromatic carbocycles. The Bertz CT molecular complexity index is 1390. The summed E-state index contributed by atoms with van der Waals surface area (Å²) in [6, 6.07) is 15.8. The second-order valence-electron chi connectivity index (χ2n) is 7.57. The van der Waals surface area contributed by atoms with Crippen LogP contribution in [0.4, 0.5) is 5.13 Å². The number of anilines is 1. The molecule has 5 rings (SSSR count). The maximum Gasteiger partial charge on any atom is 0.296 e. The first kappa shape index (κ1) is 21.4. The number of aromatic nitrogens is 1. The van der Waals surface area contributed by atoms with E-state index in [9.17, 15) is 14.7 Å². The third-order valence-corrected chi connectivity index (χ3v) is 7.57. The number of hydrogen-bond donors (Lipinski definition) is 1. The van der Waals surface area contributed by atoms with Gasteiger partial charge < -0.3 is 9.84 Å². The predicted molar refractivity (Wildman–Crippen MR) is 131 cm³/mol. The first-order chi connectivity index (χ1) is 16.0. The van der Waals surface area contributed by atoms with Crippen molar-refractivity contribution in [1.82, 2.24) is 4.98 Å². The van der Waals surface area contributed by atoms with E-state index in [4.69, 9.17) is 4.74 Å². The molecule has 3 heterocycles. The molecule has 4 aromatic rings. The number of aryl methyl sites for hydroxylation is 1. The Labute approximate surface area is 198 Å². The summed E-state index contributed by atoms with van der Waals surface area (Å²) in [6.45, 7) is 2.08. The number of carbonyl (C=O) groups is 2. The summed E-state index contributed by atoms with van der Waals surface area (Å²) in [7, 11) is 1.57. The van der Waals surface area contributed by atoms with Crippen molar-refractivity contribution in [2.45, 2.75) is 19.4 Å². The van der Waals surface area contributed by atoms with Crippen LogP contribution in [-0.4, -0.2) is 28.9 Å². The summed E-state index contributed by atoms with van der Waals surface area (Å²) < 4.78 is 6.21. The normalized spacial score (nSPS) is 16.1. The SMILES string of the molecule is CCc1ccc2nc(N3C(=O)C(O)=C(C(=O)c4cccs4)[C@H]3c3ccc(OC)cc3)sc2c1. The number of ether oxygens (including phenoxy) is 1. The summed E-state index contributed by atoms with van der Waals surface area (Å²) in [6.07, 6.45) is 0.891. The summed E-state index contributed by atoms with van der Waals surface area (Å²) in [5.74, 6) is -0.886. The van der Waals surface area contributed by atoms with E-state index in [2.05, 4.69) is 18.0 Å². The molecule has 1 aliphatic heterocycles. The smallest absolute Gasteiger partial charge is 0.296 e. The average Bonchev–Trinajstić information content (AvgIpc) is 3.57. The predicted octanol–water partition coefficient (Wildman–Crippen LogP) is 5.71. The third-order valence-electron chi connectivity index (χ3n) is 5.69. The summed E-state index contributed by atoms with van der Waals surface area (Å²) in [4.78, 5) is 33.2. The Balaban J connectivity index is 1.66. The molecule has 1 N–H and O–H groups in total. The molecule has 1 aliphatic rings. The van der Waals surface area contributed by atoms with Crippen LogP contribution in [0.5, 0.6) is 5.75 Å². The highest BCUT2D eigenvalue weighted by molar-refractivity contribution is 7.22. The van der Waals surface area contributed by atoms with Crippen LogP contribution in [0.3, 0.4) is 0 Å². The quantitative estimate of drug-likeness (QED) is 0.361. The topological polar surface area (TPSA) is 79.7 Å². The zero-order valence-electron chi connectivity index (χ0n) is 17.9. The van der Waals surface area contributed by atoms with Gasteiger partial charge in [0, 0.05) is 0 Å². The van der Waals surface area contributed by atoms with Crippen LogP contribution in [0.15, 0.2) is 71.3 Å². The Kier molecular flexibility index (Phi) is 5.47. The first-order valence-corrected chi connectivity index (χ1v) is 12.1. The molecule has 0 radical (unpaired) electrons. The number of methoxy groups -OCH3 is 1. The second-order valence-corrected chi connectivity index (χ2v) is 9.53. The Hall–Kier alpha value is -3.49. The summed E-state index contributed by atoms with van der Waals surface area (Å²) in [5.41, 5.74) is 2.68. The molecular formula is C25H20N2O4S2. The fourth-order valence-corrected chi connectivity index (χ4v) is 5.69. The van der Waals surface area contributed by atoms with Crippen molar-refractivity contribution in [1.29, 1.82) is 0 Å². The van der Waals surface area contributed by atoms with E-state index in [1.54, 1.807) is 48.9 Å². The average molecular weight is 477 g/mol. The van der Waals surface area contributed by atoms with Gasteiger partial charge in [-0.05, 0) is 53.3 Å². The van der Waals surface area contributed by atoms with Crippen LogP contribution in [0, 0.1) is 0 Å². The van der Waals surface area contributed by atoms with E-state index >= 15 is 0 Å². The molecule has 0 aliphatic carbocycles. The van der Waals surface area contributed by atoms with Crippen LogP contribution >= 0.6 is 22.7 Å². The minimum atomic E-state index is -0.802. The van der Waals surface area contributed by atoms with E-state index in [-0.39, 0.29) is 11.4 Å². The molecule has 0 saturated heterocycles. The number of nitrogens with zero attached hydrogens (tertiary/aromatic N) is 2. The zero-order valence-corrected chi connectivity index (χ0v) is 19.6. The van der Waals surface area contributed by atoms with Crippen molar-refractivity contribution in [3.63, 3.8) is 0 Å².